The van der Waals surface area contributed by atoms with Crippen LogP contribution in [-0.2, 0) is 16.1 Å². The molecule has 2 aliphatic heterocycles. The third-order valence-electron chi connectivity index (χ3n) is 5.91. The summed E-state index contributed by atoms with van der Waals surface area (Å²) in [5, 5.41) is 0. The molecule has 160 valence electrons. The molecule has 1 aromatic carbocycles. The van der Waals surface area contributed by atoms with Crippen LogP contribution in [0.3, 0.4) is 0 Å². The number of hydrogen-bond acceptors (Lipinski definition) is 4. The number of nitrogens with zero attached hydrogens (tertiary/aromatic N) is 3. The third-order valence-corrected chi connectivity index (χ3v) is 5.91. The molecule has 2 saturated heterocycles. The van der Waals surface area contributed by atoms with Crippen LogP contribution in [0.2, 0.25) is 0 Å². The minimum absolute atomic E-state index is 0.0873. The van der Waals surface area contributed by atoms with Crippen molar-refractivity contribution in [1.29, 1.82) is 0 Å². The first-order valence-electron chi connectivity index (χ1n) is 10.7. The predicted octanol–water partition coefficient (Wildman–Crippen LogP) is 2.77. The Hall–Kier alpha value is -2.08. The molecule has 0 spiro atoms. The summed E-state index contributed by atoms with van der Waals surface area (Å²) in [5.74, 6) is 1.09. The van der Waals surface area contributed by atoms with Crippen molar-refractivity contribution in [2.24, 2.45) is 5.41 Å². The lowest BCUT2D eigenvalue weighted by Crippen LogP contribution is -2.51. The number of methoxy groups -OCH3 is 1. The van der Waals surface area contributed by atoms with Crippen LogP contribution in [0.4, 0.5) is 0 Å². The van der Waals surface area contributed by atoms with Crippen LogP contribution in [0.1, 0.15) is 45.6 Å². The van der Waals surface area contributed by atoms with Gasteiger partial charge in [0.05, 0.1) is 7.11 Å². The molecule has 2 fully saturated rings. The number of amides is 2. The molecule has 0 N–H and O–H groups in total. The van der Waals surface area contributed by atoms with Gasteiger partial charge in [0.2, 0.25) is 11.8 Å². The fourth-order valence-electron chi connectivity index (χ4n) is 4.25. The summed E-state index contributed by atoms with van der Waals surface area (Å²) in [6.45, 7) is 10.7. The Balaban J connectivity index is 1.58. The maximum atomic E-state index is 13.2. The number of hydrogen-bond donors (Lipinski definition) is 0. The van der Waals surface area contributed by atoms with E-state index in [2.05, 4.69) is 17.0 Å². The largest absolute Gasteiger partial charge is 0.497 e. The van der Waals surface area contributed by atoms with Crippen LogP contribution in [0.25, 0.3) is 0 Å². The molecule has 3 rings (SSSR count). The van der Waals surface area contributed by atoms with Crippen molar-refractivity contribution in [1.82, 2.24) is 14.7 Å². The third kappa shape index (κ3) is 5.30. The smallest absolute Gasteiger partial charge is 0.245 e. The summed E-state index contributed by atoms with van der Waals surface area (Å²) in [6.07, 6.45) is 2.66. The molecule has 0 bridgehead atoms. The van der Waals surface area contributed by atoms with Crippen molar-refractivity contribution >= 4 is 11.8 Å². The van der Waals surface area contributed by atoms with Gasteiger partial charge in [-0.25, -0.2) is 0 Å². The molecule has 1 aromatic rings. The molecule has 0 aliphatic carbocycles. The highest BCUT2D eigenvalue weighted by molar-refractivity contribution is 5.90. The molecule has 0 saturated carbocycles. The molecule has 6 nitrogen and oxygen atoms in total. The minimum Gasteiger partial charge on any atom is -0.497 e. The second-order valence-electron chi connectivity index (χ2n) is 9.21. The van der Waals surface area contributed by atoms with Crippen LogP contribution in [0, 0.1) is 5.41 Å². The number of ether oxygens (including phenoxy) is 1. The van der Waals surface area contributed by atoms with Gasteiger partial charge in [0, 0.05) is 44.7 Å². The van der Waals surface area contributed by atoms with E-state index in [0.717, 1.165) is 57.7 Å². The Morgan fingerprint density at radius 3 is 2.38 bits per heavy atom. The normalized spacial score (nSPS) is 21.2. The van der Waals surface area contributed by atoms with E-state index >= 15 is 0 Å². The van der Waals surface area contributed by atoms with Crippen LogP contribution in [0.5, 0.6) is 5.75 Å². The molecule has 1 unspecified atom stereocenters. The second-order valence-corrected chi connectivity index (χ2v) is 9.21. The first-order valence-corrected chi connectivity index (χ1v) is 10.7. The highest BCUT2D eigenvalue weighted by atomic mass is 16.5. The summed E-state index contributed by atoms with van der Waals surface area (Å²) in [5.41, 5.74) is 0.805. The number of carbonyl (C=O) groups excluding carboxylic acids is 2. The molecule has 2 aliphatic rings. The number of carbonyl (C=O) groups is 2. The zero-order valence-electron chi connectivity index (χ0n) is 18.3. The van der Waals surface area contributed by atoms with Gasteiger partial charge in [-0.05, 0) is 37.0 Å². The summed E-state index contributed by atoms with van der Waals surface area (Å²) in [7, 11) is 1.68. The van der Waals surface area contributed by atoms with Crippen molar-refractivity contribution < 1.29 is 14.3 Å². The Labute approximate surface area is 174 Å². The van der Waals surface area contributed by atoms with Gasteiger partial charge in [0.25, 0.3) is 0 Å². The molecule has 1 atom stereocenters. The molecule has 2 heterocycles. The maximum absolute atomic E-state index is 13.2. The van der Waals surface area contributed by atoms with Gasteiger partial charge < -0.3 is 14.5 Å². The molecule has 29 heavy (non-hydrogen) atoms. The molecule has 2 amide bonds. The standard InChI is InChI=1S/C23H35N3O3/c1-23(2,3)22(28)26-14-5-7-20(26)21(27)25-13-6-12-24(15-16-25)17-18-8-10-19(29-4)11-9-18/h8-11,20H,5-7,12-17H2,1-4H3. The molecule has 0 radical (unpaired) electrons. The van der Waals surface area contributed by atoms with Crippen molar-refractivity contribution in [2.45, 2.75) is 52.6 Å². The summed E-state index contributed by atoms with van der Waals surface area (Å²) >= 11 is 0. The van der Waals surface area contributed by atoms with E-state index in [1.165, 1.54) is 5.56 Å². The van der Waals surface area contributed by atoms with Gasteiger partial charge in [-0.15, -0.1) is 0 Å². The molecular formula is C23H35N3O3. The van der Waals surface area contributed by atoms with Crippen molar-refractivity contribution in [3.63, 3.8) is 0 Å². The van der Waals surface area contributed by atoms with E-state index in [9.17, 15) is 9.59 Å². The quantitative estimate of drug-likeness (QED) is 0.779. The van der Waals surface area contributed by atoms with Gasteiger partial charge in [0.1, 0.15) is 11.8 Å². The summed E-state index contributed by atoms with van der Waals surface area (Å²) < 4.78 is 5.23. The maximum Gasteiger partial charge on any atom is 0.245 e. The first kappa shape index (κ1) is 21.6. The highest BCUT2D eigenvalue weighted by Crippen LogP contribution is 2.27. The summed E-state index contributed by atoms with van der Waals surface area (Å²) in [4.78, 5) is 32.2. The molecule has 6 heteroatoms. The minimum atomic E-state index is -0.448. The van der Waals surface area contributed by atoms with Crippen LogP contribution in [0.15, 0.2) is 24.3 Å². The average molecular weight is 402 g/mol. The van der Waals surface area contributed by atoms with Gasteiger partial charge >= 0.3 is 0 Å². The lowest BCUT2D eigenvalue weighted by atomic mass is 9.94. The number of benzene rings is 1. The monoisotopic (exact) mass is 401 g/mol. The van der Waals surface area contributed by atoms with Crippen molar-refractivity contribution in [3.8, 4) is 5.75 Å². The summed E-state index contributed by atoms with van der Waals surface area (Å²) in [6, 6.07) is 7.89. The van der Waals surface area contributed by atoms with E-state index in [1.807, 2.05) is 42.7 Å². The van der Waals surface area contributed by atoms with Gasteiger partial charge in [-0.2, -0.15) is 0 Å². The van der Waals surface area contributed by atoms with E-state index in [0.29, 0.717) is 6.54 Å². The van der Waals surface area contributed by atoms with Crippen LogP contribution in [-0.4, -0.2) is 72.4 Å². The Morgan fingerprint density at radius 2 is 1.72 bits per heavy atom. The van der Waals surface area contributed by atoms with Gasteiger partial charge in [0.15, 0.2) is 0 Å². The van der Waals surface area contributed by atoms with E-state index in [1.54, 1.807) is 7.11 Å². The van der Waals surface area contributed by atoms with Crippen molar-refractivity contribution in [2.75, 3.05) is 39.8 Å². The van der Waals surface area contributed by atoms with E-state index in [4.69, 9.17) is 4.74 Å². The Kier molecular flexibility index (Phi) is 6.83. The van der Waals surface area contributed by atoms with Crippen LogP contribution < -0.4 is 4.74 Å². The van der Waals surface area contributed by atoms with E-state index in [-0.39, 0.29) is 17.9 Å². The SMILES string of the molecule is COc1ccc(CN2CCCN(C(=O)C3CCCN3C(=O)C(C)(C)C)CC2)cc1. The zero-order valence-corrected chi connectivity index (χ0v) is 18.3. The zero-order chi connectivity index (χ0) is 21.0. The molecular weight excluding hydrogens is 366 g/mol. The first-order chi connectivity index (χ1) is 13.8. The van der Waals surface area contributed by atoms with E-state index < -0.39 is 5.41 Å². The Morgan fingerprint density at radius 1 is 1.00 bits per heavy atom. The lowest BCUT2D eigenvalue weighted by molar-refractivity contribution is -0.148. The lowest BCUT2D eigenvalue weighted by Gasteiger charge is -2.33. The molecule has 0 aromatic heterocycles. The second kappa shape index (κ2) is 9.16. The number of rotatable bonds is 4. The predicted molar refractivity (Wildman–Crippen MR) is 114 cm³/mol. The van der Waals surface area contributed by atoms with Crippen molar-refractivity contribution in [3.05, 3.63) is 29.8 Å². The van der Waals surface area contributed by atoms with Crippen LogP contribution >= 0.6 is 0 Å². The fraction of sp³-hybridized carbons (Fsp3) is 0.652. The van der Waals surface area contributed by atoms with Gasteiger partial charge in [-0.1, -0.05) is 32.9 Å². The number of likely N-dealkylation sites (tertiary alicyclic amines) is 1. The van der Waals surface area contributed by atoms with Gasteiger partial charge in [-0.3, -0.25) is 14.5 Å². The average Bonchev–Trinajstić information content (AvgIpc) is 3.07. The topological polar surface area (TPSA) is 53.1 Å². The fourth-order valence-corrected chi connectivity index (χ4v) is 4.25. The highest BCUT2D eigenvalue weighted by Gasteiger charge is 2.40. The Bertz CT molecular complexity index is 711.